The number of rotatable bonds is 5. The largest absolute Gasteiger partial charge is 0.493 e. The van der Waals surface area contributed by atoms with Crippen molar-refractivity contribution in [1.29, 1.82) is 0 Å². The van der Waals surface area contributed by atoms with E-state index < -0.39 is 5.54 Å². The highest BCUT2D eigenvalue weighted by Gasteiger charge is 2.49. The molecule has 0 bridgehead atoms. The smallest absolute Gasteiger partial charge is 0.242 e. The minimum absolute atomic E-state index is 0.149. The van der Waals surface area contributed by atoms with Crippen LogP contribution in [0.5, 0.6) is 5.75 Å². The minimum Gasteiger partial charge on any atom is -0.493 e. The summed E-state index contributed by atoms with van der Waals surface area (Å²) in [4.78, 5) is 14.4. The van der Waals surface area contributed by atoms with Crippen LogP contribution >= 0.6 is 0 Å². The van der Waals surface area contributed by atoms with Gasteiger partial charge in [-0.25, -0.2) is 4.39 Å². The molecule has 28 heavy (non-hydrogen) atoms. The van der Waals surface area contributed by atoms with E-state index in [4.69, 9.17) is 4.74 Å². The first-order chi connectivity index (χ1) is 13.5. The fourth-order valence-electron chi connectivity index (χ4n) is 4.41. The maximum Gasteiger partial charge on any atom is 0.242 e. The van der Waals surface area contributed by atoms with Crippen molar-refractivity contribution in [3.05, 3.63) is 53.8 Å². The van der Waals surface area contributed by atoms with Crippen LogP contribution in [0.15, 0.2) is 42.5 Å². The molecule has 2 aliphatic heterocycles. The third-order valence-corrected chi connectivity index (χ3v) is 5.95. The Morgan fingerprint density at radius 2 is 2.11 bits per heavy atom. The molecule has 148 valence electrons. The monoisotopic (exact) mass is 382 g/mol. The van der Waals surface area contributed by atoms with Gasteiger partial charge in [-0.2, -0.15) is 0 Å². The average molecular weight is 382 g/mol. The summed E-state index contributed by atoms with van der Waals surface area (Å²) in [5.74, 6) is 0.483. The molecule has 0 radical (unpaired) electrons. The van der Waals surface area contributed by atoms with Crippen LogP contribution in [-0.4, -0.2) is 36.5 Å². The van der Waals surface area contributed by atoms with Crippen molar-refractivity contribution in [1.82, 2.24) is 10.2 Å². The van der Waals surface area contributed by atoms with Gasteiger partial charge in [0.15, 0.2) is 0 Å². The molecule has 1 N–H and O–H groups in total. The van der Waals surface area contributed by atoms with Gasteiger partial charge in [-0.05, 0) is 55.0 Å². The van der Waals surface area contributed by atoms with Gasteiger partial charge >= 0.3 is 0 Å². The molecule has 4 nitrogen and oxygen atoms in total. The average Bonchev–Trinajstić information content (AvgIpc) is 3.26. The number of carbonyl (C=O) groups is 1. The van der Waals surface area contributed by atoms with Crippen LogP contribution in [-0.2, 0) is 4.79 Å². The third-order valence-electron chi connectivity index (χ3n) is 5.95. The van der Waals surface area contributed by atoms with Gasteiger partial charge in [-0.15, -0.1) is 0 Å². The number of nitrogens with one attached hydrogen (secondary N) is 1. The van der Waals surface area contributed by atoms with Crippen LogP contribution in [0.25, 0.3) is 11.1 Å². The van der Waals surface area contributed by atoms with E-state index in [9.17, 15) is 9.18 Å². The Hall–Kier alpha value is -2.40. The van der Waals surface area contributed by atoms with E-state index in [1.54, 1.807) is 6.07 Å². The maximum absolute atomic E-state index is 13.7. The molecule has 5 heteroatoms. The zero-order valence-corrected chi connectivity index (χ0v) is 16.5. The molecule has 0 unspecified atom stereocenters. The van der Waals surface area contributed by atoms with E-state index in [1.165, 1.54) is 12.1 Å². The zero-order chi connectivity index (χ0) is 19.7. The Balaban J connectivity index is 1.60. The van der Waals surface area contributed by atoms with Crippen molar-refractivity contribution in [2.75, 3.05) is 20.2 Å². The van der Waals surface area contributed by atoms with E-state index in [-0.39, 0.29) is 17.8 Å². The number of hydrogen-bond donors (Lipinski definition) is 1. The summed E-state index contributed by atoms with van der Waals surface area (Å²) in [6.45, 7) is 3.40. The molecule has 0 aromatic heterocycles. The summed E-state index contributed by atoms with van der Waals surface area (Å²) in [6, 6.07) is 13.1. The standard InChI is InChI=1S/C23H27FN2O2/c1-3-13-28-21-15-18(24)7-8-19(21)16-5-4-6-17(14-16)20-9-10-23(25-20)11-12-26(2)22(23)27/h4-8,14-15,20,25H,3,9-13H2,1-2H3/t20-,23-/m1/s1. The van der Waals surface area contributed by atoms with Crippen LogP contribution in [0.3, 0.4) is 0 Å². The molecule has 2 aliphatic rings. The molecule has 2 aromatic rings. The minimum atomic E-state index is -0.402. The molecule has 2 saturated heterocycles. The Morgan fingerprint density at radius 1 is 1.25 bits per heavy atom. The lowest BCUT2D eigenvalue weighted by Crippen LogP contribution is -2.47. The summed E-state index contributed by atoms with van der Waals surface area (Å²) in [6.07, 6.45) is 3.54. The van der Waals surface area contributed by atoms with Gasteiger partial charge in [0.1, 0.15) is 17.1 Å². The van der Waals surface area contributed by atoms with Crippen molar-refractivity contribution in [2.24, 2.45) is 0 Å². The molecule has 0 saturated carbocycles. The van der Waals surface area contributed by atoms with Gasteiger partial charge < -0.3 is 9.64 Å². The maximum atomic E-state index is 13.7. The predicted molar refractivity (Wildman–Crippen MR) is 108 cm³/mol. The van der Waals surface area contributed by atoms with Gasteiger partial charge in [0.25, 0.3) is 0 Å². The van der Waals surface area contributed by atoms with Gasteiger partial charge in [-0.3, -0.25) is 10.1 Å². The number of halogens is 1. The van der Waals surface area contributed by atoms with Crippen LogP contribution < -0.4 is 10.1 Å². The van der Waals surface area contributed by atoms with Crippen LogP contribution in [0.1, 0.15) is 44.2 Å². The Kier molecular flexibility index (Phi) is 5.11. The molecular formula is C23H27FN2O2. The lowest BCUT2D eigenvalue weighted by molar-refractivity contribution is -0.131. The number of likely N-dealkylation sites (N-methyl/N-ethyl adjacent to an activating group) is 1. The lowest BCUT2D eigenvalue weighted by Gasteiger charge is -2.23. The molecule has 2 atom stereocenters. The topological polar surface area (TPSA) is 41.6 Å². The molecule has 1 amide bonds. The van der Waals surface area contributed by atoms with Crippen molar-refractivity contribution in [3.8, 4) is 16.9 Å². The quantitative estimate of drug-likeness (QED) is 0.838. The number of hydrogen-bond acceptors (Lipinski definition) is 3. The van der Waals surface area contributed by atoms with Crippen molar-refractivity contribution in [2.45, 2.75) is 44.2 Å². The first-order valence-corrected chi connectivity index (χ1v) is 10.1. The van der Waals surface area contributed by atoms with E-state index >= 15 is 0 Å². The molecule has 2 fully saturated rings. The second kappa shape index (κ2) is 7.55. The summed E-state index contributed by atoms with van der Waals surface area (Å²) in [5, 5.41) is 3.62. The summed E-state index contributed by atoms with van der Waals surface area (Å²) < 4.78 is 19.5. The summed E-state index contributed by atoms with van der Waals surface area (Å²) in [7, 11) is 1.87. The molecule has 1 spiro atoms. The molecule has 2 aromatic carbocycles. The SMILES string of the molecule is CCCOc1cc(F)ccc1-c1cccc([C@H]2CC[C@]3(CCN(C)C3=O)N2)c1. The highest BCUT2D eigenvalue weighted by molar-refractivity contribution is 5.88. The Morgan fingerprint density at radius 3 is 2.86 bits per heavy atom. The van der Waals surface area contributed by atoms with Crippen molar-refractivity contribution < 1.29 is 13.9 Å². The number of benzene rings is 2. The van der Waals surface area contributed by atoms with Gasteiger partial charge in [0.05, 0.1) is 6.61 Å². The molecule has 2 heterocycles. The third kappa shape index (κ3) is 3.39. The fraction of sp³-hybridized carbons (Fsp3) is 0.435. The summed E-state index contributed by atoms with van der Waals surface area (Å²) >= 11 is 0. The number of nitrogens with zero attached hydrogens (tertiary/aromatic N) is 1. The van der Waals surface area contributed by atoms with E-state index in [2.05, 4.69) is 17.4 Å². The molecule has 0 aliphatic carbocycles. The normalized spacial score (nSPS) is 24.3. The second-order valence-corrected chi connectivity index (χ2v) is 7.91. The fourth-order valence-corrected chi connectivity index (χ4v) is 4.41. The first-order valence-electron chi connectivity index (χ1n) is 10.1. The predicted octanol–water partition coefficient (Wildman–Crippen LogP) is 4.31. The van der Waals surface area contributed by atoms with Gasteiger partial charge in [0.2, 0.25) is 5.91 Å². The van der Waals surface area contributed by atoms with Crippen LogP contribution in [0.4, 0.5) is 4.39 Å². The van der Waals surface area contributed by atoms with Gasteiger partial charge in [0, 0.05) is 31.3 Å². The van der Waals surface area contributed by atoms with Crippen molar-refractivity contribution >= 4 is 5.91 Å². The first kappa shape index (κ1) is 18.9. The van der Waals surface area contributed by atoms with Crippen LogP contribution in [0, 0.1) is 5.82 Å². The Bertz CT molecular complexity index is 885. The number of likely N-dealkylation sites (tertiary alicyclic amines) is 1. The van der Waals surface area contributed by atoms with E-state index in [0.29, 0.717) is 12.4 Å². The van der Waals surface area contributed by atoms with Crippen LogP contribution in [0.2, 0.25) is 0 Å². The van der Waals surface area contributed by atoms with E-state index in [1.807, 2.05) is 31.0 Å². The van der Waals surface area contributed by atoms with Crippen molar-refractivity contribution in [3.63, 3.8) is 0 Å². The molecular weight excluding hydrogens is 355 g/mol. The van der Waals surface area contributed by atoms with Gasteiger partial charge in [-0.1, -0.05) is 25.1 Å². The number of ether oxygens (including phenoxy) is 1. The highest BCUT2D eigenvalue weighted by Crippen LogP contribution is 2.40. The highest BCUT2D eigenvalue weighted by atomic mass is 19.1. The van der Waals surface area contributed by atoms with E-state index in [0.717, 1.165) is 48.9 Å². The molecule has 4 rings (SSSR count). The summed E-state index contributed by atoms with van der Waals surface area (Å²) in [5.41, 5.74) is 2.64. The number of amides is 1. The second-order valence-electron chi connectivity index (χ2n) is 7.91. The Labute approximate surface area is 165 Å². The number of carbonyl (C=O) groups excluding carboxylic acids is 1. The lowest BCUT2D eigenvalue weighted by atomic mass is 9.95. The zero-order valence-electron chi connectivity index (χ0n) is 16.5.